The first-order chi connectivity index (χ1) is 16.1. The highest BCUT2D eigenvalue weighted by molar-refractivity contribution is 5.96. The molecule has 5 nitrogen and oxygen atoms in total. The summed E-state index contributed by atoms with van der Waals surface area (Å²) in [4.78, 5) is 13.8. The van der Waals surface area contributed by atoms with Gasteiger partial charge in [0.25, 0.3) is 0 Å². The van der Waals surface area contributed by atoms with Crippen molar-refractivity contribution in [1.29, 1.82) is 0 Å². The average Bonchev–Trinajstić information content (AvgIpc) is 3.36. The molecule has 0 amide bonds. The van der Waals surface area contributed by atoms with Gasteiger partial charge in [-0.2, -0.15) is 0 Å². The minimum absolute atomic E-state index is 0.273. The summed E-state index contributed by atoms with van der Waals surface area (Å²) in [6.07, 6.45) is 3.55. The summed E-state index contributed by atoms with van der Waals surface area (Å²) in [6.45, 7) is 1.90. The molecule has 0 bridgehead atoms. The first kappa shape index (κ1) is 19.4. The summed E-state index contributed by atoms with van der Waals surface area (Å²) in [5.41, 5.74) is 7.22. The molecule has 33 heavy (non-hydrogen) atoms. The van der Waals surface area contributed by atoms with Gasteiger partial charge in [-0.15, -0.1) is 0 Å². The number of hydrogen-bond acceptors (Lipinski definition) is 3. The number of pyridine rings is 1. The van der Waals surface area contributed by atoms with Crippen LogP contribution in [0, 0.1) is 12.7 Å². The van der Waals surface area contributed by atoms with E-state index in [9.17, 15) is 4.39 Å². The lowest BCUT2D eigenvalue weighted by molar-refractivity contribution is 0.618. The van der Waals surface area contributed by atoms with Crippen LogP contribution in [0.2, 0.25) is 0 Å². The Morgan fingerprint density at radius 1 is 0.788 bits per heavy atom. The lowest BCUT2D eigenvalue weighted by Crippen LogP contribution is -1.99. The van der Waals surface area contributed by atoms with Gasteiger partial charge in [0.05, 0.1) is 27.8 Å². The van der Waals surface area contributed by atoms with Crippen molar-refractivity contribution in [3.8, 4) is 28.2 Å². The molecule has 0 atom stereocenters. The SMILES string of the molecule is Cc1nc2c(-c3ccc4nc(-c5ccncc5)n(C)c4c3)cccc2n1-c1ccccc1F. The predicted octanol–water partition coefficient (Wildman–Crippen LogP) is 6.09. The van der Waals surface area contributed by atoms with Crippen molar-refractivity contribution in [3.05, 3.63) is 96.8 Å². The minimum Gasteiger partial charge on any atom is -0.327 e. The van der Waals surface area contributed by atoms with E-state index >= 15 is 0 Å². The minimum atomic E-state index is -0.273. The van der Waals surface area contributed by atoms with E-state index in [1.807, 2.05) is 54.9 Å². The van der Waals surface area contributed by atoms with Gasteiger partial charge >= 0.3 is 0 Å². The molecule has 3 heterocycles. The molecular formula is C27H20FN5. The standard InChI is InChI=1S/C27H20FN5/c1-17-30-26-20(6-5-9-24(26)33(17)23-8-4-3-7-21(23)28)19-10-11-22-25(16-19)32(2)27(31-22)18-12-14-29-15-13-18/h3-16H,1-2H3. The largest absolute Gasteiger partial charge is 0.327 e. The van der Waals surface area contributed by atoms with Gasteiger partial charge in [-0.05, 0) is 55.0 Å². The molecule has 6 aromatic rings. The molecule has 0 saturated carbocycles. The van der Waals surface area contributed by atoms with E-state index in [1.165, 1.54) is 6.07 Å². The normalized spacial score (nSPS) is 11.5. The summed E-state index contributed by atoms with van der Waals surface area (Å²) in [5.74, 6) is 1.36. The Morgan fingerprint density at radius 3 is 2.42 bits per heavy atom. The van der Waals surface area contributed by atoms with Gasteiger partial charge in [-0.1, -0.05) is 30.3 Å². The van der Waals surface area contributed by atoms with Crippen LogP contribution >= 0.6 is 0 Å². The molecule has 0 aliphatic heterocycles. The van der Waals surface area contributed by atoms with Crippen LogP contribution < -0.4 is 0 Å². The Bertz CT molecular complexity index is 1650. The molecule has 3 aromatic heterocycles. The van der Waals surface area contributed by atoms with Crippen molar-refractivity contribution in [2.75, 3.05) is 0 Å². The maximum atomic E-state index is 14.6. The summed E-state index contributed by atoms with van der Waals surface area (Å²) >= 11 is 0. The number of hydrogen-bond donors (Lipinski definition) is 0. The highest BCUT2D eigenvalue weighted by Gasteiger charge is 2.17. The monoisotopic (exact) mass is 433 g/mol. The van der Waals surface area contributed by atoms with Crippen LogP contribution in [-0.2, 0) is 7.05 Å². The summed E-state index contributed by atoms with van der Waals surface area (Å²) < 4.78 is 18.6. The second-order valence-electron chi connectivity index (χ2n) is 8.05. The molecule has 160 valence electrons. The van der Waals surface area contributed by atoms with Crippen LogP contribution in [0.3, 0.4) is 0 Å². The molecule has 0 fully saturated rings. The molecule has 0 unspecified atom stereocenters. The van der Waals surface area contributed by atoms with E-state index in [-0.39, 0.29) is 5.82 Å². The third-order valence-corrected chi connectivity index (χ3v) is 6.08. The number of fused-ring (bicyclic) bond motifs is 2. The Hall–Kier alpha value is -4.32. The van der Waals surface area contributed by atoms with E-state index in [0.29, 0.717) is 5.69 Å². The molecular weight excluding hydrogens is 413 g/mol. The highest BCUT2D eigenvalue weighted by atomic mass is 19.1. The number of para-hydroxylation sites is 2. The van der Waals surface area contributed by atoms with Gasteiger partial charge in [-0.25, -0.2) is 14.4 Å². The van der Waals surface area contributed by atoms with Crippen molar-refractivity contribution >= 4 is 22.1 Å². The van der Waals surface area contributed by atoms with Crippen molar-refractivity contribution in [2.24, 2.45) is 7.05 Å². The smallest absolute Gasteiger partial charge is 0.147 e. The second-order valence-corrected chi connectivity index (χ2v) is 8.05. The quantitative estimate of drug-likeness (QED) is 0.339. The maximum Gasteiger partial charge on any atom is 0.147 e. The van der Waals surface area contributed by atoms with Gasteiger partial charge in [0.15, 0.2) is 0 Å². The van der Waals surface area contributed by atoms with Gasteiger partial charge in [0, 0.05) is 30.6 Å². The number of halogens is 1. The van der Waals surface area contributed by atoms with Gasteiger partial charge in [0.2, 0.25) is 0 Å². The number of aromatic nitrogens is 5. The molecule has 0 saturated heterocycles. The fourth-order valence-electron chi connectivity index (χ4n) is 4.50. The molecule has 0 aliphatic carbocycles. The fraction of sp³-hybridized carbons (Fsp3) is 0.0741. The molecule has 0 spiro atoms. The van der Waals surface area contributed by atoms with Crippen molar-refractivity contribution in [1.82, 2.24) is 24.1 Å². The molecule has 3 aromatic carbocycles. The Kier molecular flexibility index (Phi) is 4.33. The van der Waals surface area contributed by atoms with Crippen molar-refractivity contribution in [2.45, 2.75) is 6.92 Å². The first-order valence-corrected chi connectivity index (χ1v) is 10.7. The van der Waals surface area contributed by atoms with Gasteiger partial charge in [0.1, 0.15) is 17.5 Å². The van der Waals surface area contributed by atoms with Crippen LogP contribution in [0.4, 0.5) is 4.39 Å². The third kappa shape index (κ3) is 3.03. The highest BCUT2D eigenvalue weighted by Crippen LogP contribution is 2.33. The van der Waals surface area contributed by atoms with E-state index < -0.39 is 0 Å². The summed E-state index contributed by atoms with van der Waals surface area (Å²) in [5, 5.41) is 0. The van der Waals surface area contributed by atoms with Crippen LogP contribution in [0.15, 0.2) is 85.2 Å². The molecule has 0 aliphatic rings. The summed E-state index contributed by atoms with van der Waals surface area (Å²) in [7, 11) is 2.02. The predicted molar refractivity (Wildman–Crippen MR) is 129 cm³/mol. The fourth-order valence-corrected chi connectivity index (χ4v) is 4.50. The van der Waals surface area contributed by atoms with Crippen molar-refractivity contribution < 1.29 is 4.39 Å². The Morgan fingerprint density at radius 2 is 1.61 bits per heavy atom. The second kappa shape index (κ2) is 7.38. The Balaban J connectivity index is 1.54. The number of aryl methyl sites for hydroxylation is 2. The van der Waals surface area contributed by atoms with E-state index in [2.05, 4.69) is 27.8 Å². The van der Waals surface area contributed by atoms with E-state index in [1.54, 1.807) is 24.5 Å². The third-order valence-electron chi connectivity index (χ3n) is 6.08. The first-order valence-electron chi connectivity index (χ1n) is 10.7. The zero-order valence-electron chi connectivity index (χ0n) is 18.2. The average molecular weight is 433 g/mol. The van der Waals surface area contributed by atoms with Crippen LogP contribution in [-0.4, -0.2) is 24.1 Å². The van der Waals surface area contributed by atoms with Gasteiger partial charge in [-0.3, -0.25) is 9.55 Å². The Labute approximate surface area is 189 Å². The van der Waals surface area contributed by atoms with E-state index in [4.69, 9.17) is 9.97 Å². The lowest BCUT2D eigenvalue weighted by Gasteiger charge is -2.09. The van der Waals surface area contributed by atoms with Crippen LogP contribution in [0.5, 0.6) is 0 Å². The molecule has 0 radical (unpaired) electrons. The van der Waals surface area contributed by atoms with E-state index in [0.717, 1.165) is 50.4 Å². The lowest BCUT2D eigenvalue weighted by atomic mass is 10.0. The van der Waals surface area contributed by atoms with Gasteiger partial charge < -0.3 is 4.57 Å². The number of nitrogens with zero attached hydrogens (tertiary/aromatic N) is 5. The molecule has 0 N–H and O–H groups in total. The number of benzene rings is 3. The zero-order valence-corrected chi connectivity index (χ0v) is 18.2. The zero-order chi connectivity index (χ0) is 22.5. The van der Waals surface area contributed by atoms with Crippen molar-refractivity contribution in [3.63, 3.8) is 0 Å². The van der Waals surface area contributed by atoms with Crippen LogP contribution in [0.25, 0.3) is 50.3 Å². The van der Waals surface area contributed by atoms with Crippen LogP contribution in [0.1, 0.15) is 5.82 Å². The topological polar surface area (TPSA) is 48.5 Å². The molecule has 6 heteroatoms. The maximum absolute atomic E-state index is 14.6. The summed E-state index contributed by atoms with van der Waals surface area (Å²) in [6, 6.07) is 23.0. The number of imidazole rings is 2. The molecule has 6 rings (SSSR count). The number of rotatable bonds is 3.